The lowest BCUT2D eigenvalue weighted by Crippen LogP contribution is -2.27. The van der Waals surface area contributed by atoms with E-state index in [1.54, 1.807) is 0 Å². The number of benzene rings is 1. The molecule has 1 aliphatic heterocycles. The molecule has 0 saturated heterocycles. The number of alkyl halides is 1. The van der Waals surface area contributed by atoms with Crippen molar-refractivity contribution in [3.05, 3.63) is 33.2 Å². The molecule has 3 rings (SSSR count). The Kier molecular flexibility index (Phi) is 3.94. The van der Waals surface area contributed by atoms with Gasteiger partial charge in [-0.25, -0.2) is 13.2 Å². The van der Waals surface area contributed by atoms with Gasteiger partial charge in [0.15, 0.2) is 0 Å². The summed E-state index contributed by atoms with van der Waals surface area (Å²) in [5.41, 5.74) is 0.909. The Morgan fingerprint density at radius 2 is 2.00 bits per heavy atom. The first-order valence-electron chi connectivity index (χ1n) is 6.85. The fraction of sp³-hybridized carbons (Fsp3) is 0.400. The average molecular weight is 359 g/mol. The molecule has 2 atom stereocenters. The number of sulfone groups is 1. The molecule has 0 radical (unpaired) electrons. The minimum atomic E-state index is -3.80. The Labute approximate surface area is 138 Å². The summed E-state index contributed by atoms with van der Waals surface area (Å²) in [6, 6.07) is 2.94. The maximum Gasteiger partial charge on any atom is 0.213 e. The van der Waals surface area contributed by atoms with Gasteiger partial charge in [-0.3, -0.25) is 4.79 Å². The predicted octanol–water partition coefficient (Wildman–Crippen LogP) is 2.83. The van der Waals surface area contributed by atoms with Gasteiger partial charge in [-0.1, -0.05) is 17.7 Å². The zero-order valence-corrected chi connectivity index (χ0v) is 13.8. The van der Waals surface area contributed by atoms with Gasteiger partial charge in [0.2, 0.25) is 9.84 Å². The van der Waals surface area contributed by atoms with Crippen LogP contribution >= 0.6 is 23.2 Å². The van der Waals surface area contributed by atoms with Gasteiger partial charge in [-0.15, -0.1) is 11.6 Å². The molecule has 0 N–H and O–H groups in total. The van der Waals surface area contributed by atoms with E-state index in [2.05, 4.69) is 0 Å². The first-order chi connectivity index (χ1) is 10.4. The molecule has 116 valence electrons. The fourth-order valence-corrected chi connectivity index (χ4v) is 5.41. The number of ketones is 1. The van der Waals surface area contributed by atoms with E-state index in [4.69, 9.17) is 23.2 Å². The quantitative estimate of drug-likeness (QED) is 0.571. The Balaban J connectivity index is 2.16. The SMILES string of the molecule is O=C=C1Cc2c(ccc(C3C(=O)CCCC3Cl)c2Cl)S1(=O)=O. The molecule has 1 fully saturated rings. The van der Waals surface area contributed by atoms with Crippen LogP contribution in [0.4, 0.5) is 0 Å². The van der Waals surface area contributed by atoms with Gasteiger partial charge < -0.3 is 0 Å². The topological polar surface area (TPSA) is 68.3 Å². The van der Waals surface area contributed by atoms with Gasteiger partial charge in [0.05, 0.1) is 10.8 Å². The van der Waals surface area contributed by atoms with Crippen LogP contribution in [0.2, 0.25) is 5.02 Å². The van der Waals surface area contributed by atoms with Crippen molar-refractivity contribution < 1.29 is 18.0 Å². The van der Waals surface area contributed by atoms with Crippen molar-refractivity contribution in [3.63, 3.8) is 0 Å². The van der Waals surface area contributed by atoms with E-state index in [1.807, 2.05) is 0 Å². The number of carbonyl (C=O) groups excluding carboxylic acids is 2. The lowest BCUT2D eigenvalue weighted by atomic mass is 9.82. The standard InChI is InChI=1S/C15H12Cl2O4S/c16-11-2-1-3-12(19)14(11)9-4-5-13-10(15(9)17)6-8(7-18)22(13,20)21/h4-5,11,14H,1-3,6H2. The highest BCUT2D eigenvalue weighted by molar-refractivity contribution is 7.96. The van der Waals surface area contributed by atoms with E-state index in [0.717, 1.165) is 6.42 Å². The van der Waals surface area contributed by atoms with E-state index in [-0.39, 0.29) is 32.4 Å². The van der Waals surface area contributed by atoms with Gasteiger partial charge >= 0.3 is 0 Å². The molecule has 1 heterocycles. The van der Waals surface area contributed by atoms with Crippen molar-refractivity contribution in [2.45, 2.75) is 41.9 Å². The summed E-state index contributed by atoms with van der Waals surface area (Å²) in [6.07, 6.45) is 1.82. The molecule has 1 aliphatic carbocycles. The van der Waals surface area contributed by atoms with Crippen LogP contribution in [-0.2, 0) is 25.8 Å². The third-order valence-corrected chi connectivity index (χ3v) is 7.00. The van der Waals surface area contributed by atoms with Crippen LogP contribution in [0, 0.1) is 0 Å². The molecule has 2 aliphatic rings. The van der Waals surface area contributed by atoms with Crippen LogP contribution in [0.3, 0.4) is 0 Å². The molecule has 1 saturated carbocycles. The molecule has 22 heavy (non-hydrogen) atoms. The molecular formula is C15H12Cl2O4S. The van der Waals surface area contributed by atoms with Crippen LogP contribution in [0.15, 0.2) is 21.9 Å². The van der Waals surface area contributed by atoms with E-state index < -0.39 is 15.8 Å². The highest BCUT2D eigenvalue weighted by atomic mass is 35.5. The van der Waals surface area contributed by atoms with Crippen molar-refractivity contribution in [1.29, 1.82) is 0 Å². The molecule has 0 bridgehead atoms. The van der Waals surface area contributed by atoms with Gasteiger partial charge in [-0.2, -0.15) is 0 Å². The maximum atomic E-state index is 12.2. The van der Waals surface area contributed by atoms with Crippen LogP contribution in [0.1, 0.15) is 36.3 Å². The summed E-state index contributed by atoms with van der Waals surface area (Å²) >= 11 is 12.6. The number of hydrogen-bond acceptors (Lipinski definition) is 4. The Bertz CT molecular complexity index is 822. The summed E-state index contributed by atoms with van der Waals surface area (Å²) in [6.45, 7) is 0. The van der Waals surface area contributed by atoms with Gasteiger partial charge in [0.25, 0.3) is 0 Å². The average Bonchev–Trinajstić information content (AvgIpc) is 2.72. The zero-order chi connectivity index (χ0) is 16.1. The highest BCUT2D eigenvalue weighted by Crippen LogP contribution is 2.43. The number of Topliss-reactive ketones (excluding diaryl/α,β-unsaturated/α-hetero) is 1. The van der Waals surface area contributed by atoms with Crippen LogP contribution in [-0.4, -0.2) is 25.5 Å². The number of hydrogen-bond donors (Lipinski definition) is 0. The first-order valence-corrected chi connectivity index (χ1v) is 9.14. The lowest BCUT2D eigenvalue weighted by Gasteiger charge is -2.27. The monoisotopic (exact) mass is 358 g/mol. The second-order valence-corrected chi connectivity index (χ2v) is 8.38. The molecule has 4 nitrogen and oxygen atoms in total. The molecule has 0 aromatic heterocycles. The van der Waals surface area contributed by atoms with E-state index in [1.165, 1.54) is 18.1 Å². The predicted molar refractivity (Wildman–Crippen MR) is 82.8 cm³/mol. The smallest absolute Gasteiger partial charge is 0.213 e. The number of rotatable bonds is 1. The fourth-order valence-electron chi connectivity index (χ4n) is 3.12. The molecule has 7 heteroatoms. The van der Waals surface area contributed by atoms with Crippen molar-refractivity contribution >= 4 is 44.8 Å². The molecule has 0 spiro atoms. The number of halogens is 2. The maximum absolute atomic E-state index is 12.2. The number of allylic oxidation sites excluding steroid dienone is 1. The molecule has 1 aromatic carbocycles. The second-order valence-electron chi connectivity index (χ2n) is 5.50. The van der Waals surface area contributed by atoms with Crippen LogP contribution in [0.5, 0.6) is 0 Å². The Hall–Kier alpha value is -1.13. The summed E-state index contributed by atoms with van der Waals surface area (Å²) in [7, 11) is -3.80. The van der Waals surface area contributed by atoms with Gasteiger partial charge in [0, 0.05) is 23.2 Å². The second kappa shape index (κ2) is 5.50. The van der Waals surface area contributed by atoms with Crippen molar-refractivity contribution in [2.24, 2.45) is 0 Å². The Morgan fingerprint density at radius 1 is 1.27 bits per heavy atom. The summed E-state index contributed by atoms with van der Waals surface area (Å²) in [5.74, 6) is 0.958. The van der Waals surface area contributed by atoms with Gasteiger partial charge in [0.1, 0.15) is 16.6 Å². The molecule has 2 unspecified atom stereocenters. The van der Waals surface area contributed by atoms with E-state index in [9.17, 15) is 18.0 Å². The largest absolute Gasteiger partial charge is 0.299 e. The Morgan fingerprint density at radius 3 is 2.64 bits per heavy atom. The van der Waals surface area contributed by atoms with E-state index >= 15 is 0 Å². The molecule has 1 aromatic rings. The summed E-state index contributed by atoms with van der Waals surface area (Å²) in [5, 5.41) is -0.131. The zero-order valence-electron chi connectivity index (χ0n) is 11.4. The minimum Gasteiger partial charge on any atom is -0.299 e. The van der Waals surface area contributed by atoms with E-state index in [0.29, 0.717) is 24.0 Å². The number of carbonyl (C=O) groups is 1. The van der Waals surface area contributed by atoms with Crippen LogP contribution < -0.4 is 0 Å². The van der Waals surface area contributed by atoms with Gasteiger partial charge in [-0.05, 0) is 30.0 Å². The molecular weight excluding hydrogens is 347 g/mol. The third-order valence-electron chi connectivity index (χ3n) is 4.24. The van der Waals surface area contributed by atoms with Crippen molar-refractivity contribution in [3.8, 4) is 0 Å². The minimum absolute atomic E-state index is 0.0140. The first kappa shape index (κ1) is 15.8. The summed E-state index contributed by atoms with van der Waals surface area (Å²) < 4.78 is 24.3. The highest BCUT2D eigenvalue weighted by Gasteiger charge is 2.39. The lowest BCUT2D eigenvalue weighted by molar-refractivity contribution is -0.121. The van der Waals surface area contributed by atoms with Crippen molar-refractivity contribution in [1.82, 2.24) is 0 Å². The van der Waals surface area contributed by atoms with Crippen molar-refractivity contribution in [2.75, 3.05) is 0 Å². The third kappa shape index (κ3) is 2.24. The van der Waals surface area contributed by atoms with Crippen LogP contribution in [0.25, 0.3) is 0 Å². The number of fused-ring (bicyclic) bond motifs is 1. The normalized spacial score (nSPS) is 26.6. The summed E-state index contributed by atoms with van der Waals surface area (Å²) in [4.78, 5) is 22.7. The molecule has 0 amide bonds.